The summed E-state index contributed by atoms with van der Waals surface area (Å²) in [7, 11) is 1.57. The van der Waals surface area contributed by atoms with E-state index in [0.29, 0.717) is 19.6 Å². The van der Waals surface area contributed by atoms with E-state index in [1.54, 1.807) is 19.4 Å². The van der Waals surface area contributed by atoms with Crippen LogP contribution in [0, 0.1) is 0 Å². The van der Waals surface area contributed by atoms with E-state index in [1.807, 2.05) is 54.6 Å². The Morgan fingerprint density at radius 3 is 2.61 bits per heavy atom. The van der Waals surface area contributed by atoms with E-state index in [-0.39, 0.29) is 11.6 Å². The fourth-order valence-corrected chi connectivity index (χ4v) is 3.56. The first kappa shape index (κ1) is 20.6. The fraction of sp³-hybridized carbons (Fsp3) is 0.208. The molecule has 2 heterocycles. The molecule has 0 aliphatic heterocycles. The van der Waals surface area contributed by atoms with Gasteiger partial charge in [0.05, 0.1) is 18.3 Å². The molecule has 3 N–H and O–H groups in total. The first-order valence-corrected chi connectivity index (χ1v) is 10.1. The lowest BCUT2D eigenvalue weighted by atomic mass is 10.0. The number of methoxy groups -OCH3 is 1. The van der Waals surface area contributed by atoms with Crippen molar-refractivity contribution in [2.75, 3.05) is 20.3 Å². The van der Waals surface area contributed by atoms with Gasteiger partial charge in [-0.25, -0.2) is 4.98 Å². The van der Waals surface area contributed by atoms with Crippen LogP contribution in [0.5, 0.6) is 0 Å². The molecular weight excluding hydrogens is 392 g/mol. The number of benzene rings is 2. The number of hydrogen-bond donors (Lipinski definition) is 3. The number of H-pyrrole nitrogens is 1. The normalized spacial score (nSPS) is 12.0. The number of hydrogen-bond acceptors (Lipinski definition) is 4. The number of nitrogens with one attached hydrogen (secondary N) is 3. The Balaban J connectivity index is 1.57. The van der Waals surface area contributed by atoms with Gasteiger partial charge < -0.3 is 20.4 Å². The highest BCUT2D eigenvalue weighted by molar-refractivity contribution is 6.09. The predicted octanol–water partition coefficient (Wildman–Crippen LogP) is 2.82. The van der Waals surface area contributed by atoms with Crippen LogP contribution < -0.4 is 10.6 Å². The molecule has 4 rings (SSSR count). The molecule has 1 unspecified atom stereocenters. The molecule has 2 aromatic heterocycles. The number of fused-ring (bicyclic) bond motifs is 3. The number of amides is 2. The Kier molecular flexibility index (Phi) is 6.24. The van der Waals surface area contributed by atoms with Gasteiger partial charge in [-0.05, 0) is 17.7 Å². The summed E-state index contributed by atoms with van der Waals surface area (Å²) in [4.78, 5) is 33.3. The van der Waals surface area contributed by atoms with E-state index >= 15 is 0 Å². The fourth-order valence-electron chi connectivity index (χ4n) is 3.56. The molecule has 2 aromatic carbocycles. The van der Waals surface area contributed by atoms with Gasteiger partial charge in [-0.3, -0.25) is 9.59 Å². The van der Waals surface area contributed by atoms with Gasteiger partial charge in [0.1, 0.15) is 11.7 Å². The van der Waals surface area contributed by atoms with Crippen LogP contribution in [-0.4, -0.2) is 48.1 Å². The molecule has 7 nitrogen and oxygen atoms in total. The first-order valence-electron chi connectivity index (χ1n) is 10.1. The number of carbonyl (C=O) groups excluding carboxylic acids is 2. The van der Waals surface area contributed by atoms with E-state index in [9.17, 15) is 9.59 Å². The maximum Gasteiger partial charge on any atom is 0.270 e. The molecule has 1 atom stereocenters. The van der Waals surface area contributed by atoms with Crippen LogP contribution in [0.1, 0.15) is 16.1 Å². The molecule has 2 amide bonds. The molecule has 0 aliphatic rings. The number of nitrogens with zero attached hydrogens (tertiary/aromatic N) is 1. The second kappa shape index (κ2) is 9.40. The van der Waals surface area contributed by atoms with Gasteiger partial charge >= 0.3 is 0 Å². The number of ether oxygens (including phenoxy) is 1. The topological polar surface area (TPSA) is 96.1 Å². The summed E-state index contributed by atoms with van der Waals surface area (Å²) in [5, 5.41) is 7.59. The van der Waals surface area contributed by atoms with Crippen LogP contribution in [-0.2, 0) is 16.0 Å². The third kappa shape index (κ3) is 4.73. The molecule has 0 radical (unpaired) electrons. The minimum atomic E-state index is -0.729. The average Bonchev–Trinajstić information content (AvgIpc) is 3.17. The number of pyridine rings is 1. The van der Waals surface area contributed by atoms with E-state index in [1.165, 1.54) is 0 Å². The lowest BCUT2D eigenvalue weighted by Crippen LogP contribution is -2.48. The van der Waals surface area contributed by atoms with Crippen LogP contribution in [0.2, 0.25) is 0 Å². The van der Waals surface area contributed by atoms with Gasteiger partial charge in [-0.15, -0.1) is 0 Å². The van der Waals surface area contributed by atoms with Crippen molar-refractivity contribution in [3.8, 4) is 0 Å². The number of rotatable bonds is 8. The molecular formula is C24H24N4O3. The largest absolute Gasteiger partial charge is 0.383 e. The van der Waals surface area contributed by atoms with Crippen LogP contribution >= 0.6 is 0 Å². The van der Waals surface area contributed by atoms with Crippen molar-refractivity contribution in [3.63, 3.8) is 0 Å². The molecule has 0 aliphatic carbocycles. The van der Waals surface area contributed by atoms with Gasteiger partial charge in [0.25, 0.3) is 5.91 Å². The highest BCUT2D eigenvalue weighted by Crippen LogP contribution is 2.25. The van der Waals surface area contributed by atoms with Crippen molar-refractivity contribution in [2.24, 2.45) is 0 Å². The Bertz CT molecular complexity index is 1200. The van der Waals surface area contributed by atoms with E-state index in [0.717, 1.165) is 27.4 Å². The SMILES string of the molecule is COCCNC(=O)C(Cc1ccccc1)NC(=O)c1cc2c(cn1)[nH]c1ccccc12. The Hall–Kier alpha value is -3.71. The highest BCUT2D eigenvalue weighted by Gasteiger charge is 2.22. The van der Waals surface area contributed by atoms with Crippen molar-refractivity contribution in [1.82, 2.24) is 20.6 Å². The quantitative estimate of drug-likeness (QED) is 0.385. The maximum absolute atomic E-state index is 13.0. The molecule has 4 aromatic rings. The summed E-state index contributed by atoms with van der Waals surface area (Å²) in [5.41, 5.74) is 3.06. The zero-order valence-corrected chi connectivity index (χ0v) is 17.2. The molecule has 0 bridgehead atoms. The number of aromatic amines is 1. The third-order valence-corrected chi connectivity index (χ3v) is 5.13. The van der Waals surface area contributed by atoms with E-state index < -0.39 is 11.9 Å². The van der Waals surface area contributed by atoms with E-state index in [4.69, 9.17) is 4.74 Å². The Morgan fingerprint density at radius 1 is 1.03 bits per heavy atom. The highest BCUT2D eigenvalue weighted by atomic mass is 16.5. The summed E-state index contributed by atoms with van der Waals surface area (Å²) in [6.45, 7) is 0.770. The summed E-state index contributed by atoms with van der Waals surface area (Å²) in [5.74, 6) is -0.655. The first-order chi connectivity index (χ1) is 15.2. The number of para-hydroxylation sites is 1. The monoisotopic (exact) mass is 416 g/mol. The van der Waals surface area contributed by atoms with Crippen molar-refractivity contribution >= 4 is 33.6 Å². The number of aromatic nitrogens is 2. The smallest absolute Gasteiger partial charge is 0.270 e. The molecule has 0 fully saturated rings. The Labute approximate surface area is 179 Å². The molecule has 31 heavy (non-hydrogen) atoms. The van der Waals surface area contributed by atoms with Gasteiger partial charge in [-0.1, -0.05) is 48.5 Å². The average molecular weight is 416 g/mol. The molecule has 0 saturated carbocycles. The molecule has 7 heteroatoms. The maximum atomic E-state index is 13.0. The molecule has 0 saturated heterocycles. The van der Waals surface area contributed by atoms with Gasteiger partial charge in [0.2, 0.25) is 5.91 Å². The van der Waals surface area contributed by atoms with Crippen LogP contribution in [0.25, 0.3) is 21.8 Å². The number of carbonyl (C=O) groups is 2. The zero-order chi connectivity index (χ0) is 21.6. The van der Waals surface area contributed by atoms with E-state index in [2.05, 4.69) is 20.6 Å². The van der Waals surface area contributed by atoms with Crippen LogP contribution in [0.4, 0.5) is 0 Å². The van der Waals surface area contributed by atoms with Crippen LogP contribution in [0.3, 0.4) is 0 Å². The van der Waals surface area contributed by atoms with Gasteiger partial charge in [-0.2, -0.15) is 0 Å². The van der Waals surface area contributed by atoms with Crippen LogP contribution in [0.15, 0.2) is 66.9 Å². The minimum absolute atomic E-state index is 0.262. The summed E-state index contributed by atoms with van der Waals surface area (Å²) in [6, 6.07) is 18.5. The molecule has 158 valence electrons. The lowest BCUT2D eigenvalue weighted by Gasteiger charge is -2.18. The zero-order valence-electron chi connectivity index (χ0n) is 17.2. The summed E-state index contributed by atoms with van der Waals surface area (Å²) >= 11 is 0. The van der Waals surface area contributed by atoms with Crippen molar-refractivity contribution in [2.45, 2.75) is 12.5 Å². The Morgan fingerprint density at radius 2 is 1.81 bits per heavy atom. The molecule has 0 spiro atoms. The second-order valence-electron chi connectivity index (χ2n) is 7.29. The standard InChI is InChI=1S/C24H24N4O3/c1-31-12-11-25-23(29)21(13-16-7-3-2-4-8-16)28-24(30)20-14-18-17-9-5-6-10-19(17)27-22(18)15-26-20/h2-10,14-15,21,27H,11-13H2,1H3,(H,25,29)(H,28,30). The minimum Gasteiger partial charge on any atom is -0.383 e. The second-order valence-corrected chi connectivity index (χ2v) is 7.29. The van der Waals surface area contributed by atoms with Gasteiger partial charge in [0.15, 0.2) is 0 Å². The third-order valence-electron chi connectivity index (χ3n) is 5.13. The summed E-state index contributed by atoms with van der Waals surface area (Å²) in [6.07, 6.45) is 2.02. The van der Waals surface area contributed by atoms with Crippen molar-refractivity contribution in [3.05, 3.63) is 78.1 Å². The lowest BCUT2D eigenvalue weighted by molar-refractivity contribution is -0.123. The van der Waals surface area contributed by atoms with Crippen molar-refractivity contribution < 1.29 is 14.3 Å². The van der Waals surface area contributed by atoms with Crippen molar-refractivity contribution in [1.29, 1.82) is 0 Å². The predicted molar refractivity (Wildman–Crippen MR) is 120 cm³/mol. The van der Waals surface area contributed by atoms with Gasteiger partial charge in [0, 0.05) is 36.4 Å². The summed E-state index contributed by atoms with van der Waals surface area (Å²) < 4.78 is 4.99.